The number of nitrogens with zero attached hydrogens (tertiary/aromatic N) is 1. The van der Waals surface area contributed by atoms with Gasteiger partial charge in [0.15, 0.2) is 0 Å². The molecule has 65 heavy (non-hydrogen) atoms. The third-order valence-corrected chi connectivity index (χ3v) is 13.0. The van der Waals surface area contributed by atoms with Gasteiger partial charge in [0, 0.05) is 12.8 Å². The van der Waals surface area contributed by atoms with Crippen LogP contribution in [-0.2, 0) is 27.9 Å². The maximum Gasteiger partial charge on any atom is 0.472 e. The first-order valence-corrected chi connectivity index (χ1v) is 28.8. The van der Waals surface area contributed by atoms with E-state index >= 15 is 0 Å². The van der Waals surface area contributed by atoms with Crippen LogP contribution in [0.2, 0.25) is 0 Å². The van der Waals surface area contributed by atoms with E-state index in [0.29, 0.717) is 17.4 Å². The highest BCUT2D eigenvalue weighted by molar-refractivity contribution is 7.47. The largest absolute Gasteiger partial charge is 0.472 e. The number of nitrogens with one attached hydrogen (secondary N) is 1. The van der Waals surface area contributed by atoms with Gasteiger partial charge in [0.2, 0.25) is 5.91 Å². The Morgan fingerprint density at radius 3 is 1.37 bits per heavy atom. The zero-order valence-electron chi connectivity index (χ0n) is 43.5. The molecule has 0 spiro atoms. The Morgan fingerprint density at radius 1 is 0.523 bits per heavy atom. The first-order chi connectivity index (χ1) is 31.4. The number of phosphoric acid groups is 1. The van der Waals surface area contributed by atoms with E-state index in [-0.39, 0.29) is 31.5 Å². The van der Waals surface area contributed by atoms with Gasteiger partial charge in [-0.3, -0.25) is 18.6 Å². The van der Waals surface area contributed by atoms with Crippen LogP contribution < -0.4 is 5.32 Å². The quantitative estimate of drug-likeness (QED) is 0.0205. The van der Waals surface area contributed by atoms with Gasteiger partial charge in [-0.05, 0) is 76.7 Å². The fourth-order valence-corrected chi connectivity index (χ4v) is 8.47. The van der Waals surface area contributed by atoms with E-state index in [1.807, 2.05) is 33.3 Å². The lowest BCUT2D eigenvalue weighted by Gasteiger charge is -2.27. The number of ether oxygens (including phenoxy) is 1. The highest BCUT2D eigenvalue weighted by Gasteiger charge is 2.30. The van der Waals surface area contributed by atoms with Crippen molar-refractivity contribution in [1.82, 2.24) is 5.32 Å². The van der Waals surface area contributed by atoms with Crippen molar-refractivity contribution >= 4 is 19.7 Å². The molecule has 0 aliphatic carbocycles. The number of allylic oxidation sites excluding steroid dienone is 5. The fraction of sp³-hybridized carbons (Fsp3) is 0.855. The fourth-order valence-electron chi connectivity index (χ4n) is 7.74. The van der Waals surface area contributed by atoms with Crippen molar-refractivity contribution in [2.75, 3.05) is 40.9 Å². The number of rotatable bonds is 49. The Kier molecular flexibility index (Phi) is 44.7. The monoisotopic (exact) mass is 938 g/mol. The number of hydrogen-bond donors (Lipinski definition) is 2. The third kappa shape index (κ3) is 47.1. The summed E-state index contributed by atoms with van der Waals surface area (Å²) < 4.78 is 30.5. The molecule has 0 aliphatic rings. The van der Waals surface area contributed by atoms with Crippen molar-refractivity contribution in [2.24, 2.45) is 0 Å². The highest BCUT2D eigenvalue weighted by Crippen LogP contribution is 2.43. The molecule has 0 bridgehead atoms. The predicted molar refractivity (Wildman–Crippen MR) is 277 cm³/mol. The molecule has 0 radical (unpaired) electrons. The second-order valence-corrected chi connectivity index (χ2v) is 21.2. The average molecular weight is 938 g/mol. The molecule has 3 atom stereocenters. The molecule has 0 saturated carbocycles. The van der Waals surface area contributed by atoms with Crippen LogP contribution in [0.15, 0.2) is 36.5 Å². The maximum atomic E-state index is 13.5. The Bertz CT molecular complexity index is 1220. The van der Waals surface area contributed by atoms with Crippen molar-refractivity contribution in [1.29, 1.82) is 0 Å². The zero-order valence-corrected chi connectivity index (χ0v) is 44.4. The van der Waals surface area contributed by atoms with E-state index in [9.17, 15) is 19.0 Å². The number of amides is 1. The molecule has 0 aromatic rings. The number of unbranched alkanes of at least 4 members (excludes halogenated alkanes) is 29. The second-order valence-electron chi connectivity index (χ2n) is 19.7. The van der Waals surface area contributed by atoms with Crippen molar-refractivity contribution in [3.8, 4) is 0 Å². The summed E-state index contributed by atoms with van der Waals surface area (Å²) >= 11 is 0. The minimum Gasteiger partial charge on any atom is -0.456 e. The molecule has 0 rings (SSSR count). The Labute approximate surface area is 402 Å². The van der Waals surface area contributed by atoms with Crippen LogP contribution >= 0.6 is 7.82 Å². The maximum absolute atomic E-state index is 13.5. The number of likely N-dealkylation sites (N-methyl/N-ethyl adjacent to an activating group) is 1. The third-order valence-electron chi connectivity index (χ3n) is 12.1. The summed E-state index contributed by atoms with van der Waals surface area (Å²) in [7, 11) is 1.49. The van der Waals surface area contributed by atoms with Gasteiger partial charge in [-0.1, -0.05) is 199 Å². The highest BCUT2D eigenvalue weighted by atomic mass is 31.2. The minimum atomic E-state index is -4.44. The van der Waals surface area contributed by atoms with Gasteiger partial charge >= 0.3 is 13.8 Å². The first-order valence-electron chi connectivity index (χ1n) is 27.3. The SMILES string of the molecule is CCCC/C=C\CCCCCCCC(=O)OC(/C=C/CCCCCCCCCCCCC)C(COP(=O)(O)OCC[N+](C)(C)C)NC(=O)CCCCCCCCC/C=C\CCCCCC. The predicted octanol–water partition coefficient (Wildman–Crippen LogP) is 16.0. The van der Waals surface area contributed by atoms with E-state index in [1.54, 1.807) is 0 Å². The number of carbonyl (C=O) groups excluding carboxylic acids is 2. The van der Waals surface area contributed by atoms with Gasteiger partial charge < -0.3 is 19.4 Å². The minimum absolute atomic E-state index is 0.0392. The molecule has 0 heterocycles. The molecular formula is C55H106N2O7P+. The molecule has 0 aromatic carbocycles. The standard InChI is InChI=1S/C55H105N2O7P/c1-7-10-13-16-19-22-25-27-28-30-33-35-38-41-44-47-54(58)56-52(51-63-65(60,61)62-50-49-57(4,5)6)53(46-43-40-37-34-32-29-26-23-20-17-14-11-8-2)64-55(59)48-45-42-39-36-31-24-21-18-15-12-9-3/h18,21-22,25,43,46,52-53H,7-17,19-20,23-24,26-42,44-45,47-51H2,1-6H3,(H-,56,58,60,61)/p+1/b21-18-,25-22-,46-43+. The Balaban J connectivity index is 5.41. The molecule has 2 N–H and O–H groups in total. The number of hydrogen-bond acceptors (Lipinski definition) is 6. The van der Waals surface area contributed by atoms with Crippen LogP contribution in [0.4, 0.5) is 0 Å². The molecule has 0 saturated heterocycles. The lowest BCUT2D eigenvalue weighted by molar-refractivity contribution is -0.870. The van der Waals surface area contributed by atoms with E-state index in [0.717, 1.165) is 96.3 Å². The van der Waals surface area contributed by atoms with E-state index in [1.165, 1.54) is 122 Å². The smallest absolute Gasteiger partial charge is 0.456 e. The number of phosphoric ester groups is 1. The van der Waals surface area contributed by atoms with Crippen LogP contribution in [0, 0.1) is 0 Å². The Morgan fingerprint density at radius 2 is 0.908 bits per heavy atom. The van der Waals surface area contributed by atoms with Gasteiger partial charge in [-0.15, -0.1) is 0 Å². The lowest BCUT2D eigenvalue weighted by atomic mass is 10.0. The van der Waals surface area contributed by atoms with Crippen molar-refractivity contribution in [3.05, 3.63) is 36.5 Å². The zero-order chi connectivity index (χ0) is 48.0. The molecule has 0 aliphatic heterocycles. The molecule has 9 nitrogen and oxygen atoms in total. The normalized spacial score (nSPS) is 14.1. The van der Waals surface area contributed by atoms with Crippen molar-refractivity contribution < 1.29 is 37.3 Å². The van der Waals surface area contributed by atoms with E-state index in [4.69, 9.17) is 13.8 Å². The summed E-state index contributed by atoms with van der Waals surface area (Å²) in [6.45, 7) is 6.95. The molecule has 3 unspecified atom stereocenters. The van der Waals surface area contributed by atoms with Gasteiger partial charge in [0.05, 0.1) is 33.8 Å². The number of esters is 1. The summed E-state index contributed by atoms with van der Waals surface area (Å²) in [6.07, 6.45) is 52.7. The van der Waals surface area contributed by atoms with Crippen molar-refractivity contribution in [3.63, 3.8) is 0 Å². The molecule has 0 aromatic heterocycles. The van der Waals surface area contributed by atoms with Crippen LogP contribution in [-0.4, -0.2) is 74.3 Å². The first kappa shape index (κ1) is 63.2. The van der Waals surface area contributed by atoms with E-state index in [2.05, 4.69) is 50.4 Å². The van der Waals surface area contributed by atoms with Crippen LogP contribution in [0.25, 0.3) is 0 Å². The molecular weight excluding hydrogens is 832 g/mol. The van der Waals surface area contributed by atoms with Gasteiger partial charge in [0.1, 0.15) is 19.3 Å². The summed E-state index contributed by atoms with van der Waals surface area (Å²) in [5.74, 6) is -0.518. The topological polar surface area (TPSA) is 111 Å². The van der Waals surface area contributed by atoms with Gasteiger partial charge in [0.25, 0.3) is 0 Å². The van der Waals surface area contributed by atoms with Gasteiger partial charge in [-0.2, -0.15) is 0 Å². The lowest BCUT2D eigenvalue weighted by Crippen LogP contribution is -2.47. The summed E-state index contributed by atoms with van der Waals surface area (Å²) in [6, 6.07) is -0.849. The van der Waals surface area contributed by atoms with Crippen LogP contribution in [0.1, 0.15) is 252 Å². The van der Waals surface area contributed by atoms with Crippen LogP contribution in [0.3, 0.4) is 0 Å². The van der Waals surface area contributed by atoms with Crippen LogP contribution in [0.5, 0.6) is 0 Å². The second kappa shape index (κ2) is 46.0. The molecule has 382 valence electrons. The summed E-state index contributed by atoms with van der Waals surface area (Å²) in [4.78, 5) is 37.4. The molecule has 1 amide bonds. The van der Waals surface area contributed by atoms with E-state index < -0.39 is 20.0 Å². The average Bonchev–Trinajstić information content (AvgIpc) is 3.26. The molecule has 0 fully saturated rings. The molecule has 10 heteroatoms. The van der Waals surface area contributed by atoms with Gasteiger partial charge in [-0.25, -0.2) is 4.57 Å². The number of carbonyl (C=O) groups is 2. The number of quaternary nitrogens is 1. The Hall–Kier alpha value is -1.77. The summed E-state index contributed by atoms with van der Waals surface area (Å²) in [5, 5.41) is 3.04. The summed E-state index contributed by atoms with van der Waals surface area (Å²) in [5.41, 5.74) is 0. The van der Waals surface area contributed by atoms with Crippen molar-refractivity contribution in [2.45, 2.75) is 264 Å².